The van der Waals surface area contributed by atoms with Gasteiger partial charge in [-0.3, -0.25) is 4.90 Å². The zero-order valence-corrected chi connectivity index (χ0v) is 10.4. The summed E-state index contributed by atoms with van der Waals surface area (Å²) >= 11 is 0. The standard InChI is InChI=1S/C14H20N2/c1-4-14(9-10-15)16(3)11-13-8-6-5-7-12(13)2/h5-8,14H,4,9,11H2,1-3H3. The molecule has 16 heavy (non-hydrogen) atoms. The number of hydrogen-bond donors (Lipinski definition) is 0. The van der Waals surface area contributed by atoms with Crippen LogP contribution >= 0.6 is 0 Å². The molecule has 0 aromatic heterocycles. The van der Waals surface area contributed by atoms with Crippen molar-refractivity contribution in [2.24, 2.45) is 0 Å². The topological polar surface area (TPSA) is 27.0 Å². The van der Waals surface area contributed by atoms with Gasteiger partial charge in [0.05, 0.1) is 12.5 Å². The Morgan fingerprint density at radius 2 is 2.06 bits per heavy atom. The number of nitrogens with zero attached hydrogens (tertiary/aromatic N) is 2. The Bertz CT molecular complexity index is 365. The molecular formula is C14H20N2. The minimum absolute atomic E-state index is 0.365. The molecule has 0 saturated heterocycles. The van der Waals surface area contributed by atoms with Gasteiger partial charge in [0.15, 0.2) is 0 Å². The number of aryl methyl sites for hydroxylation is 1. The second-order valence-electron chi connectivity index (χ2n) is 4.27. The molecule has 1 aromatic carbocycles. The van der Waals surface area contributed by atoms with E-state index in [1.54, 1.807) is 0 Å². The van der Waals surface area contributed by atoms with Crippen LogP contribution in [0.3, 0.4) is 0 Å². The summed E-state index contributed by atoms with van der Waals surface area (Å²) in [6.07, 6.45) is 1.63. The van der Waals surface area contributed by atoms with Crippen LogP contribution in [0.25, 0.3) is 0 Å². The zero-order chi connectivity index (χ0) is 12.0. The van der Waals surface area contributed by atoms with E-state index in [9.17, 15) is 0 Å². The number of nitriles is 1. The van der Waals surface area contributed by atoms with Crippen LogP contribution in [0.4, 0.5) is 0 Å². The van der Waals surface area contributed by atoms with Crippen molar-refractivity contribution in [3.8, 4) is 6.07 Å². The van der Waals surface area contributed by atoms with Crippen LogP contribution in [-0.2, 0) is 6.54 Å². The highest BCUT2D eigenvalue weighted by molar-refractivity contribution is 5.25. The summed E-state index contributed by atoms with van der Waals surface area (Å²) < 4.78 is 0. The molecule has 0 spiro atoms. The summed E-state index contributed by atoms with van der Waals surface area (Å²) in [5.74, 6) is 0. The molecule has 0 fully saturated rings. The number of benzene rings is 1. The van der Waals surface area contributed by atoms with Gasteiger partial charge >= 0.3 is 0 Å². The summed E-state index contributed by atoms with van der Waals surface area (Å²) in [5.41, 5.74) is 2.67. The molecular weight excluding hydrogens is 196 g/mol. The third-order valence-electron chi connectivity index (χ3n) is 3.10. The molecule has 0 saturated carbocycles. The predicted octanol–water partition coefficient (Wildman–Crippen LogP) is 3.12. The van der Waals surface area contributed by atoms with Gasteiger partial charge in [-0.1, -0.05) is 31.2 Å². The largest absolute Gasteiger partial charge is 0.298 e. The summed E-state index contributed by atoms with van der Waals surface area (Å²) in [5, 5.41) is 8.76. The lowest BCUT2D eigenvalue weighted by Crippen LogP contribution is -2.30. The Balaban J connectivity index is 2.67. The van der Waals surface area contributed by atoms with E-state index < -0.39 is 0 Å². The quantitative estimate of drug-likeness (QED) is 0.756. The third-order valence-corrected chi connectivity index (χ3v) is 3.10. The molecule has 0 aliphatic rings. The summed E-state index contributed by atoms with van der Waals surface area (Å²) in [6.45, 7) is 5.19. The van der Waals surface area contributed by atoms with Crippen molar-refractivity contribution in [1.29, 1.82) is 5.26 Å². The van der Waals surface area contributed by atoms with E-state index in [1.807, 2.05) is 0 Å². The van der Waals surface area contributed by atoms with E-state index in [4.69, 9.17) is 5.26 Å². The van der Waals surface area contributed by atoms with Gasteiger partial charge in [-0.25, -0.2) is 0 Å². The maximum atomic E-state index is 8.76. The highest BCUT2D eigenvalue weighted by Gasteiger charge is 2.12. The van der Waals surface area contributed by atoms with Crippen LogP contribution in [0.2, 0.25) is 0 Å². The summed E-state index contributed by atoms with van der Waals surface area (Å²) in [7, 11) is 2.10. The Kier molecular flexibility index (Phi) is 5.01. The molecule has 1 atom stereocenters. The molecule has 0 heterocycles. The average Bonchev–Trinajstić information content (AvgIpc) is 2.29. The molecule has 86 valence electrons. The normalized spacial score (nSPS) is 12.4. The molecule has 1 aromatic rings. The van der Waals surface area contributed by atoms with Crippen molar-refractivity contribution in [1.82, 2.24) is 4.90 Å². The fraction of sp³-hybridized carbons (Fsp3) is 0.500. The SMILES string of the molecule is CCC(CC#N)N(C)Cc1ccccc1C. The first-order valence-electron chi connectivity index (χ1n) is 5.80. The highest BCUT2D eigenvalue weighted by Crippen LogP contribution is 2.14. The maximum absolute atomic E-state index is 8.76. The number of hydrogen-bond acceptors (Lipinski definition) is 2. The van der Waals surface area contributed by atoms with E-state index in [0.29, 0.717) is 12.5 Å². The molecule has 0 N–H and O–H groups in total. The molecule has 0 radical (unpaired) electrons. The fourth-order valence-electron chi connectivity index (χ4n) is 1.90. The van der Waals surface area contributed by atoms with Gasteiger partial charge in [0.1, 0.15) is 0 Å². The highest BCUT2D eigenvalue weighted by atomic mass is 15.1. The van der Waals surface area contributed by atoms with Crippen molar-refractivity contribution in [2.45, 2.75) is 39.3 Å². The van der Waals surface area contributed by atoms with Crippen molar-refractivity contribution in [3.63, 3.8) is 0 Å². The zero-order valence-electron chi connectivity index (χ0n) is 10.4. The second kappa shape index (κ2) is 6.30. The second-order valence-corrected chi connectivity index (χ2v) is 4.27. The van der Waals surface area contributed by atoms with Crippen molar-refractivity contribution < 1.29 is 0 Å². The molecule has 0 amide bonds. The maximum Gasteiger partial charge on any atom is 0.0638 e. The van der Waals surface area contributed by atoms with Gasteiger partial charge in [0.25, 0.3) is 0 Å². The smallest absolute Gasteiger partial charge is 0.0638 e. The Hall–Kier alpha value is -1.33. The first-order valence-corrected chi connectivity index (χ1v) is 5.80. The molecule has 0 bridgehead atoms. The Morgan fingerprint density at radius 3 is 2.62 bits per heavy atom. The van der Waals surface area contributed by atoms with E-state index in [2.05, 4.69) is 56.1 Å². The first kappa shape index (κ1) is 12.7. The predicted molar refractivity (Wildman–Crippen MR) is 67.0 cm³/mol. The third kappa shape index (κ3) is 3.36. The summed E-state index contributed by atoms with van der Waals surface area (Å²) in [4.78, 5) is 2.27. The average molecular weight is 216 g/mol. The van der Waals surface area contributed by atoms with E-state index in [1.165, 1.54) is 11.1 Å². The van der Waals surface area contributed by atoms with Gasteiger partial charge in [-0.05, 0) is 31.5 Å². The van der Waals surface area contributed by atoms with Crippen LogP contribution in [0.5, 0.6) is 0 Å². The van der Waals surface area contributed by atoms with Crippen LogP contribution in [0.1, 0.15) is 30.9 Å². The Labute approximate surface area is 98.5 Å². The molecule has 2 nitrogen and oxygen atoms in total. The van der Waals surface area contributed by atoms with Crippen molar-refractivity contribution >= 4 is 0 Å². The van der Waals surface area contributed by atoms with Gasteiger partial charge < -0.3 is 0 Å². The Morgan fingerprint density at radius 1 is 1.38 bits per heavy atom. The van der Waals surface area contributed by atoms with Crippen LogP contribution < -0.4 is 0 Å². The van der Waals surface area contributed by atoms with Crippen LogP contribution in [0.15, 0.2) is 24.3 Å². The lowest BCUT2D eigenvalue weighted by Gasteiger charge is -2.25. The van der Waals surface area contributed by atoms with Gasteiger partial charge in [-0.15, -0.1) is 0 Å². The lowest BCUT2D eigenvalue weighted by atomic mass is 10.1. The molecule has 1 unspecified atom stereocenters. The minimum Gasteiger partial charge on any atom is -0.298 e. The van der Waals surface area contributed by atoms with E-state index in [0.717, 1.165) is 13.0 Å². The van der Waals surface area contributed by atoms with Gasteiger partial charge in [-0.2, -0.15) is 5.26 Å². The fourth-order valence-corrected chi connectivity index (χ4v) is 1.90. The van der Waals surface area contributed by atoms with E-state index >= 15 is 0 Å². The van der Waals surface area contributed by atoms with E-state index in [-0.39, 0.29) is 0 Å². The van der Waals surface area contributed by atoms with Crippen molar-refractivity contribution in [2.75, 3.05) is 7.05 Å². The van der Waals surface area contributed by atoms with Gasteiger partial charge in [0.2, 0.25) is 0 Å². The lowest BCUT2D eigenvalue weighted by molar-refractivity contribution is 0.230. The van der Waals surface area contributed by atoms with Crippen molar-refractivity contribution in [3.05, 3.63) is 35.4 Å². The monoisotopic (exact) mass is 216 g/mol. The minimum atomic E-state index is 0.365. The molecule has 0 aliphatic carbocycles. The summed E-state index contributed by atoms with van der Waals surface area (Å²) in [6, 6.07) is 11.0. The first-order chi connectivity index (χ1) is 7.69. The van der Waals surface area contributed by atoms with Gasteiger partial charge in [0, 0.05) is 12.6 Å². The molecule has 2 heteroatoms. The van der Waals surface area contributed by atoms with Crippen LogP contribution in [-0.4, -0.2) is 18.0 Å². The molecule has 0 aliphatic heterocycles. The number of rotatable bonds is 5. The molecule has 1 rings (SSSR count). The van der Waals surface area contributed by atoms with Crippen LogP contribution in [0, 0.1) is 18.3 Å².